The number of benzene rings is 1. The zero-order valence-corrected chi connectivity index (χ0v) is 26.4. The molecule has 43 heavy (non-hydrogen) atoms. The monoisotopic (exact) mass is 599 g/mol. The number of anilines is 2. The number of rotatable bonds is 5. The molecule has 0 unspecified atom stereocenters. The number of piperazine rings is 1. The zero-order chi connectivity index (χ0) is 31.1. The number of likely N-dealkylation sites (N-methyl/N-ethyl adjacent to an activating group) is 1. The number of hydrogen-bond donors (Lipinski definition) is 2. The molecule has 1 aliphatic heterocycles. The van der Waals surface area contributed by atoms with E-state index in [0.717, 1.165) is 27.4 Å². The van der Waals surface area contributed by atoms with Crippen LogP contribution in [0.1, 0.15) is 55.4 Å². The maximum absolute atomic E-state index is 13.9. The summed E-state index contributed by atoms with van der Waals surface area (Å²) in [6, 6.07) is 11.0. The molecule has 10 nitrogen and oxygen atoms in total. The number of hydrogen-bond acceptors (Lipinski definition) is 6. The van der Waals surface area contributed by atoms with Crippen LogP contribution >= 0.6 is 11.3 Å². The first-order valence-corrected chi connectivity index (χ1v) is 14.9. The summed E-state index contributed by atoms with van der Waals surface area (Å²) < 4.78 is 1.83. The number of imidazole rings is 1. The minimum Gasteiger partial charge on any atom is -0.342 e. The number of carbonyl (C=O) groups excluding carboxylic acids is 3. The Balaban J connectivity index is 1.38. The van der Waals surface area contributed by atoms with Crippen molar-refractivity contribution >= 4 is 39.9 Å². The van der Waals surface area contributed by atoms with Crippen molar-refractivity contribution in [1.29, 1.82) is 0 Å². The van der Waals surface area contributed by atoms with Crippen LogP contribution in [-0.2, 0) is 10.2 Å². The van der Waals surface area contributed by atoms with Crippen LogP contribution in [0.4, 0.5) is 15.5 Å². The van der Waals surface area contributed by atoms with Gasteiger partial charge in [0.2, 0.25) is 5.91 Å². The highest BCUT2D eigenvalue weighted by molar-refractivity contribution is 7.16. The summed E-state index contributed by atoms with van der Waals surface area (Å²) in [6.45, 7) is 12.6. The topological polar surface area (TPSA) is 112 Å². The minimum atomic E-state index is -1.00. The third-order valence-electron chi connectivity index (χ3n) is 7.70. The van der Waals surface area contributed by atoms with E-state index in [1.165, 1.54) is 11.3 Å². The van der Waals surface area contributed by atoms with Crippen LogP contribution in [0.25, 0.3) is 16.9 Å². The highest BCUT2D eigenvalue weighted by atomic mass is 32.1. The second kappa shape index (κ2) is 11.3. The second-order valence-corrected chi connectivity index (χ2v) is 13.4. The lowest BCUT2D eigenvalue weighted by Gasteiger charge is -2.44. The van der Waals surface area contributed by atoms with Crippen LogP contribution in [0.5, 0.6) is 0 Å². The quantitative estimate of drug-likeness (QED) is 0.295. The first-order chi connectivity index (χ1) is 20.3. The van der Waals surface area contributed by atoms with Gasteiger partial charge in [0, 0.05) is 54.9 Å². The average molecular weight is 600 g/mol. The Morgan fingerprint density at radius 1 is 1.05 bits per heavy atom. The van der Waals surface area contributed by atoms with Gasteiger partial charge < -0.3 is 15.1 Å². The Morgan fingerprint density at radius 3 is 2.47 bits per heavy atom. The summed E-state index contributed by atoms with van der Waals surface area (Å²) in [5, 5.41) is 6.29. The fourth-order valence-electron chi connectivity index (χ4n) is 5.10. The first-order valence-electron chi connectivity index (χ1n) is 14.1. The van der Waals surface area contributed by atoms with Crippen LogP contribution in [0.15, 0.2) is 61.3 Å². The summed E-state index contributed by atoms with van der Waals surface area (Å²) in [5.41, 5.74) is 2.62. The molecule has 0 aliphatic carbocycles. The smallest absolute Gasteiger partial charge is 0.324 e. The molecule has 1 aromatic carbocycles. The van der Waals surface area contributed by atoms with Gasteiger partial charge in [-0.3, -0.25) is 19.5 Å². The standard InChI is InChI=1S/C32H37N7O3S/c1-20-8-10-22(16-23(20)21-9-11-26(34-18-21)38-13-12-33-19-38)35-30(42)36-27-24(17-25(43-27)31(2,3)4)28(40)39-15-14-37(7)29(41)32(39,5)6/h8-13,16-19H,14-15H2,1-7H3,(H2,35,36,42). The summed E-state index contributed by atoms with van der Waals surface area (Å²) in [4.78, 5) is 52.9. The molecule has 1 aliphatic rings. The van der Waals surface area contributed by atoms with Crippen LogP contribution in [-0.4, -0.2) is 67.9 Å². The molecule has 0 saturated carbocycles. The molecule has 1 fully saturated rings. The van der Waals surface area contributed by atoms with Crippen LogP contribution in [0, 0.1) is 6.92 Å². The predicted octanol–water partition coefficient (Wildman–Crippen LogP) is 5.94. The normalized spacial score (nSPS) is 15.0. The van der Waals surface area contributed by atoms with E-state index in [1.54, 1.807) is 49.4 Å². The van der Waals surface area contributed by atoms with Crippen LogP contribution in [0.2, 0.25) is 0 Å². The maximum atomic E-state index is 13.9. The molecular formula is C32H37N7O3S. The van der Waals surface area contributed by atoms with Gasteiger partial charge in [0.05, 0.1) is 5.56 Å². The van der Waals surface area contributed by atoms with E-state index >= 15 is 0 Å². The van der Waals surface area contributed by atoms with Crippen molar-refractivity contribution in [2.24, 2.45) is 0 Å². The van der Waals surface area contributed by atoms with Crippen LogP contribution < -0.4 is 10.6 Å². The summed E-state index contributed by atoms with van der Waals surface area (Å²) in [5.74, 6) is 0.359. The Labute approximate surface area is 255 Å². The molecule has 3 aromatic heterocycles. The van der Waals surface area contributed by atoms with Crippen molar-refractivity contribution in [3.05, 3.63) is 77.3 Å². The summed E-state index contributed by atoms with van der Waals surface area (Å²) >= 11 is 1.37. The van der Waals surface area contributed by atoms with Gasteiger partial charge >= 0.3 is 6.03 Å². The van der Waals surface area contributed by atoms with E-state index in [-0.39, 0.29) is 17.2 Å². The first kappa shape index (κ1) is 30.0. The van der Waals surface area contributed by atoms with Gasteiger partial charge in [0.15, 0.2) is 0 Å². The van der Waals surface area contributed by atoms with Gasteiger partial charge in [-0.05, 0) is 67.6 Å². The lowest BCUT2D eigenvalue weighted by molar-refractivity contribution is -0.144. The van der Waals surface area contributed by atoms with Crippen molar-refractivity contribution in [1.82, 2.24) is 24.3 Å². The fourth-order valence-corrected chi connectivity index (χ4v) is 6.20. The van der Waals surface area contributed by atoms with Crippen molar-refractivity contribution in [3.8, 4) is 16.9 Å². The van der Waals surface area contributed by atoms with Gasteiger partial charge in [-0.25, -0.2) is 14.8 Å². The molecule has 1 saturated heterocycles. The third kappa shape index (κ3) is 6.03. The molecule has 2 N–H and O–H groups in total. The highest BCUT2D eigenvalue weighted by Crippen LogP contribution is 2.38. The lowest BCUT2D eigenvalue weighted by atomic mass is 9.93. The fraction of sp³-hybridized carbons (Fsp3) is 0.344. The maximum Gasteiger partial charge on any atom is 0.324 e. The lowest BCUT2D eigenvalue weighted by Crippen LogP contribution is -2.63. The van der Waals surface area contributed by atoms with Crippen molar-refractivity contribution < 1.29 is 14.4 Å². The average Bonchev–Trinajstić information content (AvgIpc) is 3.64. The molecule has 4 heterocycles. The summed E-state index contributed by atoms with van der Waals surface area (Å²) in [6.07, 6.45) is 7.02. The number of nitrogens with one attached hydrogen (secondary N) is 2. The number of pyridine rings is 1. The Bertz CT molecular complexity index is 1670. The Hall–Kier alpha value is -4.51. The highest BCUT2D eigenvalue weighted by Gasteiger charge is 2.44. The van der Waals surface area contributed by atoms with Gasteiger partial charge in [0.25, 0.3) is 5.91 Å². The van der Waals surface area contributed by atoms with Crippen molar-refractivity contribution in [2.45, 2.75) is 52.5 Å². The Kier molecular flexibility index (Phi) is 7.87. The van der Waals surface area contributed by atoms with Crippen LogP contribution in [0.3, 0.4) is 0 Å². The number of urea groups is 1. The number of thiophene rings is 1. The molecule has 0 spiro atoms. The number of nitrogens with zero attached hydrogens (tertiary/aromatic N) is 5. The second-order valence-electron chi connectivity index (χ2n) is 12.3. The molecule has 0 radical (unpaired) electrons. The van der Waals surface area contributed by atoms with Gasteiger partial charge in [-0.1, -0.05) is 26.8 Å². The number of amides is 4. The Morgan fingerprint density at radius 2 is 1.81 bits per heavy atom. The summed E-state index contributed by atoms with van der Waals surface area (Å²) in [7, 11) is 1.75. The molecule has 5 rings (SSSR count). The molecule has 224 valence electrons. The molecule has 4 aromatic rings. The van der Waals surface area contributed by atoms with Gasteiger partial charge in [0.1, 0.15) is 22.7 Å². The molecule has 0 bridgehead atoms. The molecule has 4 amide bonds. The van der Waals surface area contributed by atoms with Gasteiger partial charge in [-0.15, -0.1) is 11.3 Å². The molecule has 11 heteroatoms. The number of aromatic nitrogens is 3. The minimum absolute atomic E-state index is 0.118. The zero-order valence-electron chi connectivity index (χ0n) is 25.6. The predicted molar refractivity (Wildman–Crippen MR) is 170 cm³/mol. The van der Waals surface area contributed by atoms with Crippen molar-refractivity contribution in [3.63, 3.8) is 0 Å². The number of aryl methyl sites for hydroxylation is 1. The van der Waals surface area contributed by atoms with Crippen molar-refractivity contribution in [2.75, 3.05) is 30.8 Å². The largest absolute Gasteiger partial charge is 0.342 e. The van der Waals surface area contributed by atoms with E-state index in [0.29, 0.717) is 29.3 Å². The van der Waals surface area contributed by atoms with E-state index < -0.39 is 11.6 Å². The number of carbonyl (C=O) groups is 3. The third-order valence-corrected chi connectivity index (χ3v) is 9.18. The van der Waals surface area contributed by atoms with E-state index in [9.17, 15) is 14.4 Å². The molecule has 0 atom stereocenters. The van der Waals surface area contributed by atoms with E-state index in [1.807, 2.05) is 54.1 Å². The van der Waals surface area contributed by atoms with Gasteiger partial charge in [-0.2, -0.15) is 0 Å². The van der Waals surface area contributed by atoms with E-state index in [2.05, 4.69) is 41.4 Å². The SMILES string of the molecule is Cc1ccc(NC(=O)Nc2sc(C(C)(C)C)cc2C(=O)N2CCN(C)C(=O)C2(C)C)cc1-c1ccc(-n2ccnc2)nc1. The molecular weight excluding hydrogens is 562 g/mol. The van der Waals surface area contributed by atoms with E-state index in [4.69, 9.17) is 0 Å².